The first kappa shape index (κ1) is 9.21. The normalized spacial score (nSPS) is 15.6. The number of carbonyl (C=O) groups excluding carboxylic acids is 1. The first-order valence-corrected chi connectivity index (χ1v) is 4.51. The summed E-state index contributed by atoms with van der Waals surface area (Å²) in [5.74, 6) is 0.193. The second kappa shape index (κ2) is 3.09. The Hall–Kier alpha value is -1.36. The topological polar surface area (TPSA) is 66.1 Å². The van der Waals surface area contributed by atoms with Crippen LogP contribution in [0.1, 0.15) is 16.8 Å². The second-order valence-corrected chi connectivity index (χ2v) is 3.51. The number of nitrogens with zero attached hydrogens (tertiary/aromatic N) is 2. The molecule has 5 nitrogen and oxygen atoms in total. The number of H-pyrrole nitrogens is 1. The number of halogens is 1. The first-order chi connectivity index (χ1) is 6.59. The molecule has 0 radical (unpaired) electrons. The van der Waals surface area contributed by atoms with Crippen molar-refractivity contribution in [3.63, 3.8) is 0 Å². The van der Waals surface area contributed by atoms with Crippen molar-refractivity contribution in [2.75, 3.05) is 18.5 Å². The molecule has 0 aliphatic carbocycles. The number of hydrogen-bond acceptors (Lipinski definition) is 4. The van der Waals surface area contributed by atoms with Crippen LogP contribution < -0.4 is 10.5 Å². The highest BCUT2D eigenvalue weighted by atomic mass is 35.5. The van der Waals surface area contributed by atoms with Crippen molar-refractivity contribution in [2.45, 2.75) is 6.42 Å². The van der Waals surface area contributed by atoms with Crippen molar-refractivity contribution in [3.8, 4) is 0 Å². The molecule has 14 heavy (non-hydrogen) atoms. The molecule has 74 valence electrons. The van der Waals surface area contributed by atoms with E-state index >= 15 is 0 Å². The summed E-state index contributed by atoms with van der Waals surface area (Å²) in [7, 11) is 1.77. The molecule has 0 atom stereocenters. The number of anilines is 1. The lowest BCUT2D eigenvalue weighted by Crippen LogP contribution is -2.34. The monoisotopic (exact) mass is 213 g/mol. The number of ketones is 1. The molecule has 0 amide bonds. The first-order valence-electron chi connectivity index (χ1n) is 4.14. The molecular weight excluding hydrogens is 206 g/mol. The Morgan fingerprint density at radius 1 is 1.50 bits per heavy atom. The average molecular weight is 214 g/mol. The van der Waals surface area contributed by atoms with E-state index in [4.69, 9.17) is 11.6 Å². The molecule has 1 aromatic heterocycles. The van der Waals surface area contributed by atoms with Gasteiger partial charge in [-0.3, -0.25) is 14.6 Å². The minimum atomic E-state index is -0.462. The van der Waals surface area contributed by atoms with Crippen LogP contribution in [0.25, 0.3) is 0 Å². The second-order valence-electron chi connectivity index (χ2n) is 3.15. The minimum Gasteiger partial charge on any atom is -0.358 e. The van der Waals surface area contributed by atoms with Crippen LogP contribution in [0, 0.1) is 0 Å². The van der Waals surface area contributed by atoms with E-state index in [1.54, 1.807) is 11.9 Å². The van der Waals surface area contributed by atoms with Crippen molar-refractivity contribution in [3.05, 3.63) is 21.2 Å². The molecular formula is C8H8ClN3O2. The van der Waals surface area contributed by atoms with Gasteiger partial charge in [-0.15, -0.1) is 0 Å². The smallest absolute Gasteiger partial charge is 0.264 e. The molecule has 1 aliphatic heterocycles. The number of rotatable bonds is 0. The third kappa shape index (κ3) is 1.29. The third-order valence-corrected chi connectivity index (χ3v) is 2.37. The van der Waals surface area contributed by atoms with Gasteiger partial charge in [-0.05, 0) is 11.6 Å². The van der Waals surface area contributed by atoms with Gasteiger partial charge in [-0.1, -0.05) is 0 Å². The molecule has 0 fully saturated rings. The van der Waals surface area contributed by atoms with Crippen LogP contribution in [-0.4, -0.2) is 29.3 Å². The number of carbonyl (C=O) groups is 1. The highest BCUT2D eigenvalue weighted by Gasteiger charge is 2.25. The number of aromatic nitrogens is 2. The van der Waals surface area contributed by atoms with Gasteiger partial charge in [0, 0.05) is 20.0 Å². The fourth-order valence-electron chi connectivity index (χ4n) is 1.46. The number of hydrogen-bond donors (Lipinski definition) is 1. The Bertz CT molecular complexity index is 454. The molecule has 0 unspecified atom stereocenters. The predicted octanol–water partition coefficient (Wildman–Crippen LogP) is 0.446. The fraction of sp³-hybridized carbons (Fsp3) is 0.375. The maximum atomic E-state index is 11.4. The van der Waals surface area contributed by atoms with Crippen LogP contribution >= 0.6 is 11.6 Å². The van der Waals surface area contributed by atoms with Crippen LogP contribution in [-0.2, 0) is 0 Å². The fourth-order valence-corrected chi connectivity index (χ4v) is 1.63. The van der Waals surface area contributed by atoms with E-state index in [1.807, 2.05) is 0 Å². The Balaban J connectivity index is 2.73. The van der Waals surface area contributed by atoms with E-state index in [0.29, 0.717) is 18.8 Å². The summed E-state index contributed by atoms with van der Waals surface area (Å²) in [4.78, 5) is 30.8. The molecule has 0 saturated carbocycles. The van der Waals surface area contributed by atoms with Gasteiger partial charge in [-0.25, -0.2) is 4.98 Å². The summed E-state index contributed by atoms with van der Waals surface area (Å²) in [5.41, 5.74) is -0.347. The summed E-state index contributed by atoms with van der Waals surface area (Å²) >= 11 is 5.59. The maximum Gasteiger partial charge on any atom is 0.264 e. The van der Waals surface area contributed by atoms with Gasteiger partial charge in [0.15, 0.2) is 5.78 Å². The van der Waals surface area contributed by atoms with E-state index in [9.17, 15) is 9.59 Å². The van der Waals surface area contributed by atoms with Crippen LogP contribution in [0.3, 0.4) is 0 Å². The van der Waals surface area contributed by atoms with Crippen LogP contribution in [0.2, 0.25) is 5.28 Å². The largest absolute Gasteiger partial charge is 0.358 e. The molecule has 1 aliphatic rings. The van der Waals surface area contributed by atoms with Gasteiger partial charge in [0.1, 0.15) is 11.4 Å². The SMILES string of the molecule is CN1CCC(=O)c2c1nc(Cl)[nH]c2=O. The highest BCUT2D eigenvalue weighted by Crippen LogP contribution is 2.20. The van der Waals surface area contributed by atoms with Crippen molar-refractivity contribution in [1.29, 1.82) is 0 Å². The average Bonchev–Trinajstić information content (AvgIpc) is 2.10. The standard InChI is InChI=1S/C8H8ClN3O2/c1-12-3-2-4(13)5-6(12)10-8(9)11-7(5)14/h2-3H2,1H3,(H,10,11,14). The Morgan fingerprint density at radius 3 is 2.93 bits per heavy atom. The minimum absolute atomic E-state index is 0.00954. The van der Waals surface area contributed by atoms with Gasteiger partial charge < -0.3 is 4.90 Å². The summed E-state index contributed by atoms with van der Waals surface area (Å²) in [6.07, 6.45) is 0.343. The van der Waals surface area contributed by atoms with E-state index in [1.165, 1.54) is 0 Å². The number of fused-ring (bicyclic) bond motifs is 1. The predicted molar refractivity (Wildman–Crippen MR) is 52.1 cm³/mol. The summed E-state index contributed by atoms with van der Waals surface area (Å²) in [6, 6.07) is 0. The number of nitrogens with one attached hydrogen (secondary N) is 1. The van der Waals surface area contributed by atoms with Gasteiger partial charge in [-0.2, -0.15) is 0 Å². The molecule has 1 N–H and O–H groups in total. The molecule has 0 spiro atoms. The lowest BCUT2D eigenvalue weighted by molar-refractivity contribution is 0.0978. The zero-order valence-corrected chi connectivity index (χ0v) is 8.26. The van der Waals surface area contributed by atoms with Crippen molar-refractivity contribution >= 4 is 23.2 Å². The molecule has 0 aromatic carbocycles. The molecule has 0 bridgehead atoms. The lowest BCUT2D eigenvalue weighted by Gasteiger charge is -2.24. The van der Waals surface area contributed by atoms with E-state index in [0.717, 1.165) is 0 Å². The Morgan fingerprint density at radius 2 is 2.21 bits per heavy atom. The van der Waals surface area contributed by atoms with Crippen LogP contribution in [0.4, 0.5) is 5.82 Å². The lowest BCUT2D eigenvalue weighted by atomic mass is 10.1. The Labute approximate surface area is 84.7 Å². The van der Waals surface area contributed by atoms with Gasteiger partial charge in [0.05, 0.1) is 0 Å². The van der Waals surface area contributed by atoms with Crippen molar-refractivity contribution < 1.29 is 4.79 Å². The summed E-state index contributed by atoms with van der Waals surface area (Å²) in [6.45, 7) is 0.568. The zero-order chi connectivity index (χ0) is 10.3. The molecule has 2 heterocycles. The molecule has 2 rings (SSSR count). The van der Waals surface area contributed by atoms with E-state index < -0.39 is 5.56 Å². The zero-order valence-electron chi connectivity index (χ0n) is 7.50. The Kier molecular flexibility index (Phi) is 2.03. The maximum absolute atomic E-state index is 11.4. The van der Waals surface area contributed by atoms with Gasteiger partial charge in [0.25, 0.3) is 5.56 Å². The molecule has 1 aromatic rings. The van der Waals surface area contributed by atoms with Crippen LogP contribution in [0.15, 0.2) is 4.79 Å². The van der Waals surface area contributed by atoms with Crippen molar-refractivity contribution in [2.24, 2.45) is 0 Å². The quantitative estimate of drug-likeness (QED) is 0.636. The van der Waals surface area contributed by atoms with E-state index in [2.05, 4.69) is 9.97 Å². The summed E-state index contributed by atoms with van der Waals surface area (Å²) < 4.78 is 0. The van der Waals surface area contributed by atoms with Gasteiger partial charge >= 0.3 is 0 Å². The van der Waals surface area contributed by atoms with Crippen LogP contribution in [0.5, 0.6) is 0 Å². The highest BCUT2D eigenvalue weighted by molar-refractivity contribution is 6.28. The summed E-state index contributed by atoms with van der Waals surface area (Å²) in [5, 5.41) is 0.00954. The molecule has 0 saturated heterocycles. The molecule has 6 heteroatoms. The number of Topliss-reactive ketones (excluding diaryl/α,β-unsaturated/α-hetero) is 1. The third-order valence-electron chi connectivity index (χ3n) is 2.19. The van der Waals surface area contributed by atoms with Crippen molar-refractivity contribution in [1.82, 2.24) is 9.97 Å². The van der Waals surface area contributed by atoms with Gasteiger partial charge in [0.2, 0.25) is 5.28 Å². The number of aromatic amines is 1. The van der Waals surface area contributed by atoms with E-state index in [-0.39, 0.29) is 16.6 Å².